The number of Topliss-reactive ketones (excluding diaryl/α,β-unsaturated/α-hetero) is 1. The number of nitrogens with zero attached hydrogens (tertiary/aromatic N) is 2. The Morgan fingerprint density at radius 3 is 2.73 bits per heavy atom. The minimum absolute atomic E-state index is 0.0647. The number of carbonyl (C=O) groups excluding carboxylic acids is 2. The third-order valence-electron chi connectivity index (χ3n) is 3.66. The number of carbonyl (C=O) groups is 2. The van der Waals surface area contributed by atoms with Crippen LogP contribution in [0, 0.1) is 0 Å². The molecule has 1 aromatic carbocycles. The lowest BCUT2D eigenvalue weighted by atomic mass is 10.0. The van der Waals surface area contributed by atoms with E-state index in [1.165, 1.54) is 18.7 Å². The molecule has 0 saturated heterocycles. The van der Waals surface area contributed by atoms with Gasteiger partial charge in [-0.05, 0) is 30.4 Å². The maximum Gasteiger partial charge on any atom is 0.231 e. The van der Waals surface area contributed by atoms with Crippen LogP contribution >= 0.6 is 23.1 Å². The summed E-state index contributed by atoms with van der Waals surface area (Å²) in [6.45, 7) is 1.49. The predicted octanol–water partition coefficient (Wildman–Crippen LogP) is 2.94. The van der Waals surface area contributed by atoms with Gasteiger partial charge in [0.25, 0.3) is 0 Å². The molecule has 2 heterocycles. The average molecular weight is 387 g/mol. The van der Waals surface area contributed by atoms with Crippen LogP contribution < -0.4 is 5.32 Å². The Hall–Kier alpha value is -2.45. The molecule has 2 N–H and O–H groups in total. The molecule has 0 aliphatic heterocycles. The summed E-state index contributed by atoms with van der Waals surface area (Å²) in [6, 6.07) is 13.0. The number of nitrogens with one attached hydrogen (secondary N) is 2. The molecule has 1 atom stereocenters. The van der Waals surface area contributed by atoms with E-state index in [0.717, 1.165) is 10.4 Å². The fraction of sp³-hybridized carbons (Fsp3) is 0.222. The Bertz CT molecular complexity index is 862. The molecular weight excluding hydrogens is 368 g/mol. The molecule has 0 spiro atoms. The summed E-state index contributed by atoms with van der Waals surface area (Å²) in [4.78, 5) is 29.4. The van der Waals surface area contributed by atoms with Crippen LogP contribution in [0.25, 0.3) is 10.7 Å². The van der Waals surface area contributed by atoms with Crippen molar-refractivity contribution in [2.24, 2.45) is 0 Å². The second-order valence-corrected chi connectivity index (χ2v) is 7.54. The van der Waals surface area contributed by atoms with E-state index in [9.17, 15) is 9.59 Å². The number of ketones is 1. The Morgan fingerprint density at radius 2 is 2.04 bits per heavy atom. The molecule has 26 heavy (non-hydrogen) atoms. The van der Waals surface area contributed by atoms with Gasteiger partial charge in [0.15, 0.2) is 11.6 Å². The lowest BCUT2D eigenvalue weighted by Crippen LogP contribution is -2.42. The van der Waals surface area contributed by atoms with Crippen molar-refractivity contribution >= 4 is 34.8 Å². The Morgan fingerprint density at radius 1 is 1.23 bits per heavy atom. The first-order valence-corrected chi connectivity index (χ1v) is 9.91. The Kier molecular flexibility index (Phi) is 6.19. The highest BCUT2D eigenvalue weighted by Crippen LogP contribution is 2.23. The molecule has 3 rings (SSSR count). The molecule has 0 unspecified atom stereocenters. The number of H-pyrrole nitrogens is 1. The van der Waals surface area contributed by atoms with Crippen LogP contribution in [0.1, 0.15) is 12.5 Å². The van der Waals surface area contributed by atoms with E-state index < -0.39 is 6.04 Å². The molecule has 0 saturated carbocycles. The van der Waals surface area contributed by atoms with Gasteiger partial charge in [-0.15, -0.1) is 16.4 Å². The smallest absolute Gasteiger partial charge is 0.231 e. The highest BCUT2D eigenvalue weighted by Gasteiger charge is 2.18. The van der Waals surface area contributed by atoms with Crippen molar-refractivity contribution in [3.8, 4) is 10.7 Å². The van der Waals surface area contributed by atoms with Gasteiger partial charge in [-0.1, -0.05) is 48.2 Å². The van der Waals surface area contributed by atoms with Gasteiger partial charge in [0.1, 0.15) is 0 Å². The standard InChI is InChI=1S/C18H18N4O2S2/c1-12(23)14(10-13-6-3-2-4-7-13)19-16(24)11-26-18-20-17(21-22-18)15-8-5-9-25-15/h2-9,14H,10-11H2,1H3,(H,19,24)(H,20,21,22)/t14-/m0/s1. The van der Waals surface area contributed by atoms with Crippen LogP contribution in [0.2, 0.25) is 0 Å². The van der Waals surface area contributed by atoms with Crippen LogP contribution in [0.15, 0.2) is 53.0 Å². The summed E-state index contributed by atoms with van der Waals surface area (Å²) >= 11 is 2.80. The van der Waals surface area contributed by atoms with Crippen molar-refractivity contribution in [2.45, 2.75) is 24.5 Å². The molecule has 8 heteroatoms. The van der Waals surface area contributed by atoms with E-state index in [1.807, 2.05) is 47.8 Å². The molecule has 0 aliphatic carbocycles. The number of hydrogen-bond donors (Lipinski definition) is 2. The largest absolute Gasteiger partial charge is 0.345 e. The first-order chi connectivity index (χ1) is 12.6. The first-order valence-electron chi connectivity index (χ1n) is 8.04. The van der Waals surface area contributed by atoms with Gasteiger partial charge in [-0.2, -0.15) is 0 Å². The van der Waals surface area contributed by atoms with Gasteiger partial charge >= 0.3 is 0 Å². The summed E-state index contributed by atoms with van der Waals surface area (Å²) in [6.07, 6.45) is 0.482. The van der Waals surface area contributed by atoms with Crippen molar-refractivity contribution in [3.63, 3.8) is 0 Å². The summed E-state index contributed by atoms with van der Waals surface area (Å²) in [5, 5.41) is 12.2. The molecule has 3 aromatic rings. The number of hydrogen-bond acceptors (Lipinski definition) is 6. The lowest BCUT2D eigenvalue weighted by molar-refractivity contribution is -0.125. The Balaban J connectivity index is 1.53. The molecule has 0 radical (unpaired) electrons. The maximum atomic E-state index is 12.2. The van der Waals surface area contributed by atoms with E-state index in [1.54, 1.807) is 11.3 Å². The molecule has 1 amide bonds. The zero-order valence-corrected chi connectivity index (χ0v) is 15.8. The first kappa shape index (κ1) is 18.3. The van der Waals surface area contributed by atoms with Crippen molar-refractivity contribution in [1.29, 1.82) is 0 Å². The number of benzene rings is 1. The van der Waals surface area contributed by atoms with Crippen LogP contribution in [0.4, 0.5) is 0 Å². The molecule has 0 bridgehead atoms. The summed E-state index contributed by atoms with van der Waals surface area (Å²) in [7, 11) is 0. The van der Waals surface area contributed by atoms with Gasteiger partial charge in [0.2, 0.25) is 11.1 Å². The van der Waals surface area contributed by atoms with Crippen molar-refractivity contribution in [1.82, 2.24) is 20.5 Å². The maximum absolute atomic E-state index is 12.2. The van der Waals surface area contributed by atoms with Gasteiger partial charge in [0.05, 0.1) is 16.7 Å². The van der Waals surface area contributed by atoms with Crippen molar-refractivity contribution < 1.29 is 9.59 Å². The van der Waals surface area contributed by atoms with E-state index in [-0.39, 0.29) is 17.4 Å². The Labute approximate surface area is 159 Å². The molecule has 0 aliphatic rings. The van der Waals surface area contributed by atoms with E-state index in [4.69, 9.17) is 0 Å². The molecule has 134 valence electrons. The second kappa shape index (κ2) is 8.77. The highest BCUT2D eigenvalue weighted by molar-refractivity contribution is 7.99. The zero-order valence-electron chi connectivity index (χ0n) is 14.1. The monoisotopic (exact) mass is 386 g/mol. The lowest BCUT2D eigenvalue weighted by Gasteiger charge is -2.15. The highest BCUT2D eigenvalue weighted by atomic mass is 32.2. The third kappa shape index (κ3) is 5.03. The fourth-order valence-electron chi connectivity index (χ4n) is 2.35. The summed E-state index contributed by atoms with van der Waals surface area (Å²) in [5.74, 6) is 0.563. The van der Waals surface area contributed by atoms with Crippen molar-refractivity contribution in [3.05, 3.63) is 53.4 Å². The zero-order chi connectivity index (χ0) is 18.4. The van der Waals surface area contributed by atoms with Crippen LogP contribution in [-0.4, -0.2) is 38.7 Å². The van der Waals surface area contributed by atoms with E-state index in [2.05, 4.69) is 20.5 Å². The summed E-state index contributed by atoms with van der Waals surface area (Å²) in [5.41, 5.74) is 1.01. The fourth-order valence-corrected chi connectivity index (χ4v) is 3.62. The molecular formula is C18H18N4O2S2. The number of amides is 1. The average Bonchev–Trinajstić information content (AvgIpc) is 3.31. The molecule has 6 nitrogen and oxygen atoms in total. The van der Waals surface area contributed by atoms with E-state index in [0.29, 0.717) is 17.4 Å². The minimum atomic E-state index is -0.528. The quantitative estimate of drug-likeness (QED) is 0.581. The number of aromatic amines is 1. The number of thioether (sulfide) groups is 1. The number of thiophene rings is 1. The van der Waals surface area contributed by atoms with Gasteiger partial charge in [0, 0.05) is 0 Å². The van der Waals surface area contributed by atoms with Crippen LogP contribution in [0.3, 0.4) is 0 Å². The molecule has 2 aromatic heterocycles. The van der Waals surface area contributed by atoms with Gasteiger partial charge in [-0.25, -0.2) is 4.98 Å². The van der Waals surface area contributed by atoms with Crippen molar-refractivity contribution in [2.75, 3.05) is 5.75 Å². The second-order valence-electron chi connectivity index (χ2n) is 5.65. The van der Waals surface area contributed by atoms with Crippen LogP contribution in [0.5, 0.6) is 0 Å². The minimum Gasteiger partial charge on any atom is -0.345 e. The number of aromatic nitrogens is 3. The topological polar surface area (TPSA) is 87.7 Å². The molecule has 0 fully saturated rings. The van der Waals surface area contributed by atoms with Gasteiger partial charge < -0.3 is 5.32 Å². The van der Waals surface area contributed by atoms with Crippen LogP contribution in [-0.2, 0) is 16.0 Å². The van der Waals surface area contributed by atoms with E-state index >= 15 is 0 Å². The summed E-state index contributed by atoms with van der Waals surface area (Å²) < 4.78 is 0. The van der Waals surface area contributed by atoms with Gasteiger partial charge in [-0.3, -0.25) is 14.7 Å². The SMILES string of the molecule is CC(=O)[C@H](Cc1ccccc1)NC(=O)CSc1n[nH]c(-c2cccs2)n1. The number of rotatable bonds is 8. The third-order valence-corrected chi connectivity index (χ3v) is 5.38. The normalized spacial score (nSPS) is 11.9. The predicted molar refractivity (Wildman–Crippen MR) is 103 cm³/mol.